The Hall–Kier alpha value is -0.620. The molecule has 0 bridgehead atoms. The Balaban J connectivity index is 2.74. The van der Waals surface area contributed by atoms with Gasteiger partial charge in [0.05, 0.1) is 25.4 Å². The van der Waals surface area contributed by atoms with E-state index in [2.05, 4.69) is 0 Å². The molecule has 94 valence electrons. The summed E-state index contributed by atoms with van der Waals surface area (Å²) in [6, 6.07) is 0. The zero-order chi connectivity index (χ0) is 12.2. The number of ether oxygens (including phenoxy) is 1. The van der Waals surface area contributed by atoms with Gasteiger partial charge >= 0.3 is 5.97 Å². The van der Waals surface area contributed by atoms with E-state index in [1.165, 1.54) is 7.11 Å². The SMILES string of the molecule is COC(=O)C1(COS(C)(=O)=O)CCCCC1. The maximum absolute atomic E-state index is 11.7. The summed E-state index contributed by atoms with van der Waals surface area (Å²) in [5, 5.41) is 0. The Morgan fingerprint density at radius 3 is 2.25 bits per heavy atom. The van der Waals surface area contributed by atoms with Gasteiger partial charge in [0.15, 0.2) is 0 Å². The summed E-state index contributed by atoms with van der Waals surface area (Å²) in [6.45, 7) is -0.0987. The highest BCUT2D eigenvalue weighted by Gasteiger charge is 2.41. The van der Waals surface area contributed by atoms with Crippen LogP contribution in [0.5, 0.6) is 0 Å². The maximum atomic E-state index is 11.7. The second kappa shape index (κ2) is 5.14. The maximum Gasteiger partial charge on any atom is 0.314 e. The Kier molecular flexibility index (Phi) is 4.32. The molecule has 0 heterocycles. The second-order valence-electron chi connectivity index (χ2n) is 4.30. The first-order valence-electron chi connectivity index (χ1n) is 5.32. The van der Waals surface area contributed by atoms with Crippen LogP contribution in [0, 0.1) is 5.41 Å². The zero-order valence-electron chi connectivity index (χ0n) is 9.69. The van der Waals surface area contributed by atoms with Crippen LogP contribution < -0.4 is 0 Å². The minimum Gasteiger partial charge on any atom is -0.469 e. The number of carbonyl (C=O) groups is 1. The fourth-order valence-corrected chi connectivity index (χ4v) is 2.51. The third-order valence-electron chi connectivity index (χ3n) is 2.98. The minimum absolute atomic E-state index is 0.0987. The smallest absolute Gasteiger partial charge is 0.314 e. The van der Waals surface area contributed by atoms with Crippen LogP contribution in [0.4, 0.5) is 0 Å². The van der Waals surface area contributed by atoms with Crippen LogP contribution in [-0.2, 0) is 23.8 Å². The lowest BCUT2D eigenvalue weighted by Gasteiger charge is -2.33. The topological polar surface area (TPSA) is 69.7 Å². The number of carbonyl (C=O) groups excluding carboxylic acids is 1. The molecule has 6 heteroatoms. The molecule has 1 fully saturated rings. The molecule has 0 unspecified atom stereocenters. The molecule has 1 aliphatic rings. The van der Waals surface area contributed by atoms with E-state index in [9.17, 15) is 13.2 Å². The van der Waals surface area contributed by atoms with E-state index in [0.717, 1.165) is 25.5 Å². The van der Waals surface area contributed by atoms with E-state index < -0.39 is 15.5 Å². The van der Waals surface area contributed by atoms with Crippen molar-refractivity contribution in [2.75, 3.05) is 20.0 Å². The first-order chi connectivity index (χ1) is 7.40. The number of hydrogen-bond donors (Lipinski definition) is 0. The molecule has 1 rings (SSSR count). The lowest BCUT2D eigenvalue weighted by atomic mass is 9.75. The average molecular weight is 250 g/mol. The van der Waals surface area contributed by atoms with Gasteiger partial charge in [0.1, 0.15) is 0 Å². The molecule has 1 aliphatic carbocycles. The second-order valence-corrected chi connectivity index (χ2v) is 5.94. The quantitative estimate of drug-likeness (QED) is 0.551. The summed E-state index contributed by atoms with van der Waals surface area (Å²) < 4.78 is 31.4. The Labute approximate surface area is 96.2 Å². The van der Waals surface area contributed by atoms with Crippen molar-refractivity contribution in [1.29, 1.82) is 0 Å². The molecule has 1 saturated carbocycles. The van der Waals surface area contributed by atoms with Crippen LogP contribution in [0.25, 0.3) is 0 Å². The average Bonchev–Trinajstić information content (AvgIpc) is 2.25. The molecular weight excluding hydrogens is 232 g/mol. The predicted molar refractivity (Wildman–Crippen MR) is 58.3 cm³/mol. The van der Waals surface area contributed by atoms with Crippen LogP contribution in [0.3, 0.4) is 0 Å². The molecule has 0 amide bonds. The van der Waals surface area contributed by atoms with Crippen molar-refractivity contribution < 1.29 is 22.1 Å². The molecule has 0 aromatic rings. The minimum atomic E-state index is -3.51. The van der Waals surface area contributed by atoms with Crippen molar-refractivity contribution in [3.8, 4) is 0 Å². The molecule has 0 radical (unpaired) electrons. The van der Waals surface area contributed by atoms with Crippen LogP contribution >= 0.6 is 0 Å². The van der Waals surface area contributed by atoms with Crippen LogP contribution in [0.2, 0.25) is 0 Å². The normalized spacial score (nSPS) is 20.4. The highest BCUT2D eigenvalue weighted by atomic mass is 32.2. The highest BCUT2D eigenvalue weighted by Crippen LogP contribution is 2.37. The molecule has 0 atom stereocenters. The van der Waals surface area contributed by atoms with Gasteiger partial charge in [-0.1, -0.05) is 19.3 Å². The van der Waals surface area contributed by atoms with E-state index in [1.807, 2.05) is 0 Å². The molecule has 0 saturated heterocycles. The van der Waals surface area contributed by atoms with Gasteiger partial charge in [-0.25, -0.2) is 0 Å². The first kappa shape index (κ1) is 13.4. The third-order valence-corrected chi connectivity index (χ3v) is 3.52. The molecule has 0 aliphatic heterocycles. The summed E-state index contributed by atoms with van der Waals surface area (Å²) in [7, 11) is -2.19. The van der Waals surface area contributed by atoms with Crippen molar-refractivity contribution in [1.82, 2.24) is 0 Å². The summed E-state index contributed by atoms with van der Waals surface area (Å²) in [5.74, 6) is -0.365. The van der Waals surface area contributed by atoms with E-state index >= 15 is 0 Å². The van der Waals surface area contributed by atoms with Gasteiger partial charge in [-0.05, 0) is 12.8 Å². The van der Waals surface area contributed by atoms with Gasteiger partial charge in [-0.3, -0.25) is 8.98 Å². The van der Waals surface area contributed by atoms with Crippen LogP contribution in [0.1, 0.15) is 32.1 Å². The van der Waals surface area contributed by atoms with Crippen molar-refractivity contribution in [3.63, 3.8) is 0 Å². The van der Waals surface area contributed by atoms with Crippen LogP contribution in [0.15, 0.2) is 0 Å². The predicted octanol–water partition coefficient (Wildman–Crippen LogP) is 1.09. The lowest BCUT2D eigenvalue weighted by Crippen LogP contribution is -2.39. The standard InChI is InChI=1S/C10H18O5S/c1-14-9(11)10(6-4-3-5-7-10)8-15-16(2,12)13/h3-8H2,1-2H3. The Morgan fingerprint density at radius 1 is 1.25 bits per heavy atom. The van der Waals surface area contributed by atoms with Gasteiger partial charge in [-0.15, -0.1) is 0 Å². The largest absolute Gasteiger partial charge is 0.469 e. The number of rotatable bonds is 4. The molecule has 0 aromatic carbocycles. The fraction of sp³-hybridized carbons (Fsp3) is 0.900. The van der Waals surface area contributed by atoms with Crippen molar-refractivity contribution >= 4 is 16.1 Å². The Morgan fingerprint density at radius 2 is 1.81 bits per heavy atom. The summed E-state index contributed by atoms with van der Waals surface area (Å²) in [6.07, 6.45) is 5.13. The van der Waals surface area contributed by atoms with E-state index in [1.54, 1.807) is 0 Å². The molecule has 16 heavy (non-hydrogen) atoms. The van der Waals surface area contributed by atoms with Gasteiger partial charge in [0, 0.05) is 0 Å². The van der Waals surface area contributed by atoms with E-state index in [4.69, 9.17) is 8.92 Å². The van der Waals surface area contributed by atoms with Crippen molar-refractivity contribution in [2.45, 2.75) is 32.1 Å². The third kappa shape index (κ3) is 3.45. The Bertz CT molecular complexity index is 340. The monoisotopic (exact) mass is 250 g/mol. The van der Waals surface area contributed by atoms with E-state index in [0.29, 0.717) is 12.8 Å². The molecule has 0 aromatic heterocycles. The number of esters is 1. The summed E-state index contributed by atoms with van der Waals surface area (Å²) in [5.41, 5.74) is -0.768. The van der Waals surface area contributed by atoms with Gasteiger partial charge in [0.25, 0.3) is 10.1 Å². The first-order valence-corrected chi connectivity index (χ1v) is 7.14. The molecule has 0 N–H and O–H groups in total. The number of methoxy groups -OCH3 is 1. The fourth-order valence-electron chi connectivity index (χ4n) is 2.07. The summed E-state index contributed by atoms with van der Waals surface area (Å²) >= 11 is 0. The van der Waals surface area contributed by atoms with Gasteiger partial charge < -0.3 is 4.74 Å². The van der Waals surface area contributed by atoms with Crippen molar-refractivity contribution in [2.24, 2.45) is 5.41 Å². The van der Waals surface area contributed by atoms with Gasteiger partial charge in [0.2, 0.25) is 0 Å². The molecular formula is C10H18O5S. The van der Waals surface area contributed by atoms with E-state index in [-0.39, 0.29) is 12.6 Å². The van der Waals surface area contributed by atoms with Crippen LogP contribution in [-0.4, -0.2) is 34.4 Å². The number of hydrogen-bond acceptors (Lipinski definition) is 5. The van der Waals surface area contributed by atoms with Crippen molar-refractivity contribution in [3.05, 3.63) is 0 Å². The highest BCUT2D eigenvalue weighted by molar-refractivity contribution is 7.85. The zero-order valence-corrected chi connectivity index (χ0v) is 10.5. The molecule has 5 nitrogen and oxygen atoms in total. The molecule has 0 spiro atoms. The summed E-state index contributed by atoms with van der Waals surface area (Å²) in [4.78, 5) is 11.7. The lowest BCUT2D eigenvalue weighted by molar-refractivity contribution is -0.157. The van der Waals surface area contributed by atoms with Gasteiger partial charge in [-0.2, -0.15) is 8.42 Å².